The van der Waals surface area contributed by atoms with Crippen molar-refractivity contribution in [1.29, 1.82) is 0 Å². The molecule has 0 bridgehead atoms. The second-order valence-electron chi connectivity index (χ2n) is 4.62. The first-order valence-corrected chi connectivity index (χ1v) is 6.30. The fraction of sp³-hybridized carbons (Fsp3) is 0.417. The molecule has 3 rings (SSSR count). The lowest BCUT2D eigenvalue weighted by atomic mass is 10.1. The van der Waals surface area contributed by atoms with E-state index in [1.165, 1.54) is 12.1 Å². The van der Waals surface area contributed by atoms with Gasteiger partial charge in [0, 0.05) is 31.8 Å². The molecular formula is C12H15N5O2. The molecule has 1 fully saturated rings. The number of hydrogen-bond acceptors (Lipinski definition) is 5. The molecule has 0 atom stereocenters. The van der Waals surface area contributed by atoms with Crippen LogP contribution in [-0.2, 0) is 0 Å². The molecule has 2 N–H and O–H groups in total. The summed E-state index contributed by atoms with van der Waals surface area (Å²) >= 11 is 0. The number of benzene rings is 1. The molecule has 7 heteroatoms. The van der Waals surface area contributed by atoms with E-state index in [2.05, 4.69) is 27.1 Å². The predicted molar refractivity (Wildman–Crippen MR) is 72.4 cm³/mol. The number of non-ortho nitro benzene ring substituents is 1. The van der Waals surface area contributed by atoms with E-state index >= 15 is 0 Å². The Morgan fingerprint density at radius 3 is 2.89 bits per heavy atom. The van der Waals surface area contributed by atoms with Gasteiger partial charge < -0.3 is 15.2 Å². The molecule has 0 amide bonds. The van der Waals surface area contributed by atoms with E-state index in [0.29, 0.717) is 11.6 Å². The van der Waals surface area contributed by atoms with E-state index in [-0.39, 0.29) is 5.69 Å². The van der Waals surface area contributed by atoms with Crippen LogP contribution in [0.5, 0.6) is 0 Å². The standard InChI is InChI=1S/C12H15N5O2/c1-2-16(9-6-13-7-9)12-14-10-4-3-8(17(18)19)5-11(10)15-12/h3-5,9,13H,2,6-7H2,1H3,(H,14,15). The molecular weight excluding hydrogens is 246 g/mol. The van der Waals surface area contributed by atoms with Gasteiger partial charge in [0.15, 0.2) is 0 Å². The van der Waals surface area contributed by atoms with Crippen molar-refractivity contribution in [1.82, 2.24) is 15.3 Å². The van der Waals surface area contributed by atoms with Gasteiger partial charge in [-0.15, -0.1) is 0 Å². The average Bonchev–Trinajstić information content (AvgIpc) is 2.75. The van der Waals surface area contributed by atoms with Gasteiger partial charge in [0.1, 0.15) is 0 Å². The van der Waals surface area contributed by atoms with Crippen molar-refractivity contribution >= 4 is 22.7 Å². The molecule has 2 heterocycles. The number of aromatic nitrogens is 2. The Bertz CT molecular complexity index is 620. The summed E-state index contributed by atoms with van der Waals surface area (Å²) < 4.78 is 0. The van der Waals surface area contributed by atoms with Crippen LogP contribution in [0.4, 0.5) is 11.6 Å². The molecule has 0 aliphatic carbocycles. The zero-order valence-corrected chi connectivity index (χ0v) is 10.6. The van der Waals surface area contributed by atoms with Crippen molar-refractivity contribution in [3.05, 3.63) is 28.3 Å². The van der Waals surface area contributed by atoms with Crippen LogP contribution in [0.15, 0.2) is 18.2 Å². The second kappa shape index (κ2) is 4.51. The highest BCUT2D eigenvalue weighted by Gasteiger charge is 2.25. The first kappa shape index (κ1) is 11.9. The smallest absolute Gasteiger partial charge is 0.271 e. The van der Waals surface area contributed by atoms with Crippen molar-refractivity contribution in [3.63, 3.8) is 0 Å². The van der Waals surface area contributed by atoms with Gasteiger partial charge in [0.2, 0.25) is 5.95 Å². The number of anilines is 1. The highest BCUT2D eigenvalue weighted by molar-refractivity contribution is 5.80. The Balaban J connectivity index is 1.98. The highest BCUT2D eigenvalue weighted by Crippen LogP contribution is 2.23. The van der Waals surface area contributed by atoms with E-state index in [9.17, 15) is 10.1 Å². The number of imidazole rings is 1. The summed E-state index contributed by atoms with van der Waals surface area (Å²) in [5.41, 5.74) is 1.54. The lowest BCUT2D eigenvalue weighted by Gasteiger charge is -2.37. The van der Waals surface area contributed by atoms with E-state index in [0.717, 1.165) is 31.1 Å². The van der Waals surface area contributed by atoms with Crippen LogP contribution in [0.2, 0.25) is 0 Å². The number of H-pyrrole nitrogens is 1. The number of aromatic amines is 1. The van der Waals surface area contributed by atoms with E-state index < -0.39 is 4.92 Å². The number of nitrogens with zero attached hydrogens (tertiary/aromatic N) is 3. The van der Waals surface area contributed by atoms with Gasteiger partial charge in [-0.3, -0.25) is 10.1 Å². The molecule has 0 saturated carbocycles. The molecule has 1 aliphatic rings. The number of likely N-dealkylation sites (N-methyl/N-ethyl adjacent to an activating group) is 1. The minimum Gasteiger partial charge on any atom is -0.337 e. The maximum atomic E-state index is 10.8. The molecule has 1 saturated heterocycles. The molecule has 1 aromatic heterocycles. The summed E-state index contributed by atoms with van der Waals surface area (Å²) in [5, 5.41) is 14.0. The van der Waals surface area contributed by atoms with Gasteiger partial charge in [-0.05, 0) is 13.0 Å². The maximum absolute atomic E-state index is 10.8. The normalized spacial score (nSPS) is 15.4. The van der Waals surface area contributed by atoms with Crippen LogP contribution in [0.3, 0.4) is 0 Å². The van der Waals surface area contributed by atoms with Crippen LogP contribution < -0.4 is 10.2 Å². The monoisotopic (exact) mass is 261 g/mol. The largest absolute Gasteiger partial charge is 0.337 e. The number of fused-ring (bicyclic) bond motifs is 1. The Hall–Kier alpha value is -2.15. The van der Waals surface area contributed by atoms with Crippen molar-refractivity contribution in [3.8, 4) is 0 Å². The summed E-state index contributed by atoms with van der Waals surface area (Å²) in [7, 11) is 0. The fourth-order valence-electron chi connectivity index (χ4n) is 2.31. The SMILES string of the molecule is CCN(c1nc2ccc([N+](=O)[O-])cc2[nH]1)C1CNC1. The number of rotatable bonds is 4. The lowest BCUT2D eigenvalue weighted by Crippen LogP contribution is -2.57. The minimum absolute atomic E-state index is 0.0797. The number of nitro groups is 1. The molecule has 100 valence electrons. The van der Waals surface area contributed by atoms with Gasteiger partial charge in [0.25, 0.3) is 5.69 Å². The summed E-state index contributed by atoms with van der Waals surface area (Å²) in [5.74, 6) is 0.782. The van der Waals surface area contributed by atoms with Crippen LogP contribution in [-0.4, -0.2) is 40.6 Å². The quantitative estimate of drug-likeness (QED) is 0.639. The van der Waals surface area contributed by atoms with Crippen molar-refractivity contribution < 1.29 is 4.92 Å². The second-order valence-corrected chi connectivity index (χ2v) is 4.62. The Morgan fingerprint density at radius 1 is 1.53 bits per heavy atom. The summed E-state index contributed by atoms with van der Waals surface area (Å²) in [6.07, 6.45) is 0. The molecule has 7 nitrogen and oxygen atoms in total. The maximum Gasteiger partial charge on any atom is 0.271 e. The first-order valence-electron chi connectivity index (χ1n) is 6.30. The molecule has 19 heavy (non-hydrogen) atoms. The van der Waals surface area contributed by atoms with Crippen molar-refractivity contribution in [2.45, 2.75) is 13.0 Å². The molecule has 2 aromatic rings. The summed E-state index contributed by atoms with van der Waals surface area (Å²) in [6, 6.07) is 5.13. The van der Waals surface area contributed by atoms with Gasteiger partial charge >= 0.3 is 0 Å². The number of hydrogen-bond donors (Lipinski definition) is 2. The molecule has 0 spiro atoms. The van der Waals surface area contributed by atoms with Crippen LogP contribution in [0, 0.1) is 10.1 Å². The van der Waals surface area contributed by atoms with E-state index in [1.807, 2.05) is 0 Å². The van der Waals surface area contributed by atoms with Gasteiger partial charge in [-0.25, -0.2) is 4.98 Å². The third-order valence-corrected chi connectivity index (χ3v) is 3.48. The van der Waals surface area contributed by atoms with Crippen LogP contribution in [0.1, 0.15) is 6.92 Å². The Kier molecular flexibility index (Phi) is 2.83. The topological polar surface area (TPSA) is 87.1 Å². The molecule has 0 unspecified atom stereocenters. The summed E-state index contributed by atoms with van der Waals surface area (Å²) in [6.45, 7) is 4.83. The lowest BCUT2D eigenvalue weighted by molar-refractivity contribution is -0.384. The van der Waals surface area contributed by atoms with Crippen LogP contribution in [0.25, 0.3) is 11.0 Å². The van der Waals surface area contributed by atoms with Crippen LogP contribution >= 0.6 is 0 Å². The van der Waals surface area contributed by atoms with E-state index in [1.54, 1.807) is 6.07 Å². The fourth-order valence-corrected chi connectivity index (χ4v) is 2.31. The average molecular weight is 261 g/mol. The van der Waals surface area contributed by atoms with Crippen molar-refractivity contribution in [2.24, 2.45) is 0 Å². The first-order chi connectivity index (χ1) is 9.19. The number of nitro benzene ring substituents is 1. The predicted octanol–water partition coefficient (Wildman–Crippen LogP) is 1.27. The highest BCUT2D eigenvalue weighted by atomic mass is 16.6. The number of nitrogens with one attached hydrogen (secondary N) is 2. The molecule has 1 aromatic carbocycles. The Labute approximate surface area is 109 Å². The Morgan fingerprint density at radius 2 is 2.32 bits per heavy atom. The van der Waals surface area contributed by atoms with Gasteiger partial charge in [0.05, 0.1) is 22.0 Å². The minimum atomic E-state index is -0.395. The third kappa shape index (κ3) is 2.01. The molecule has 1 aliphatic heterocycles. The zero-order valence-electron chi connectivity index (χ0n) is 10.6. The summed E-state index contributed by atoms with van der Waals surface area (Å²) in [4.78, 5) is 20.2. The van der Waals surface area contributed by atoms with Crippen molar-refractivity contribution in [2.75, 3.05) is 24.5 Å². The van der Waals surface area contributed by atoms with Gasteiger partial charge in [-0.2, -0.15) is 0 Å². The third-order valence-electron chi connectivity index (χ3n) is 3.48. The van der Waals surface area contributed by atoms with Gasteiger partial charge in [-0.1, -0.05) is 0 Å². The molecule has 0 radical (unpaired) electrons. The zero-order chi connectivity index (χ0) is 13.4. The van der Waals surface area contributed by atoms with E-state index in [4.69, 9.17) is 0 Å².